The lowest BCUT2D eigenvalue weighted by atomic mass is 9.69. The second-order valence-corrected chi connectivity index (χ2v) is 10.8. The number of thiazole rings is 1. The van der Waals surface area contributed by atoms with Gasteiger partial charge in [0.25, 0.3) is 0 Å². The van der Waals surface area contributed by atoms with Gasteiger partial charge in [-0.25, -0.2) is 4.98 Å². The van der Waals surface area contributed by atoms with Gasteiger partial charge in [0.05, 0.1) is 11.1 Å². The molecule has 198 valence electrons. The lowest BCUT2D eigenvalue weighted by Gasteiger charge is -2.36. The molecule has 0 aliphatic rings. The standard InChI is InChI=1S/C33H32N2O3S/c1-23(2)33(30-9-6-20-34-30,32-35-29(22-39-32)26-7-4-3-5-8-26)27-15-10-25(11-16-27)21-38-28-17-12-24(13-18-28)14-19-31(36)37/h3-13,15-18,20,22-23,34H,14,19,21H2,1-2H3,(H,36,37). The molecule has 0 aliphatic heterocycles. The molecule has 0 saturated carbocycles. The number of hydrogen-bond acceptors (Lipinski definition) is 4. The summed E-state index contributed by atoms with van der Waals surface area (Å²) in [5, 5.41) is 12.1. The first-order valence-electron chi connectivity index (χ1n) is 13.1. The minimum atomic E-state index is -0.789. The molecule has 2 N–H and O–H groups in total. The van der Waals surface area contributed by atoms with Crippen molar-refractivity contribution >= 4 is 17.3 Å². The summed E-state index contributed by atoms with van der Waals surface area (Å²) in [4.78, 5) is 19.5. The maximum atomic E-state index is 10.8. The Kier molecular flexibility index (Phi) is 7.94. The average Bonchev–Trinajstić information content (AvgIpc) is 3.67. The summed E-state index contributed by atoms with van der Waals surface area (Å²) in [5.41, 5.74) is 6.05. The van der Waals surface area contributed by atoms with Crippen LogP contribution in [0.1, 0.15) is 47.7 Å². The first-order valence-corrected chi connectivity index (χ1v) is 14.0. The van der Waals surface area contributed by atoms with Crippen molar-refractivity contribution in [3.63, 3.8) is 0 Å². The third-order valence-electron chi connectivity index (χ3n) is 7.17. The van der Waals surface area contributed by atoms with Gasteiger partial charge in [0.2, 0.25) is 0 Å². The third kappa shape index (κ3) is 5.66. The van der Waals surface area contributed by atoms with Gasteiger partial charge in [-0.3, -0.25) is 4.79 Å². The molecule has 5 aromatic rings. The second kappa shape index (κ2) is 11.7. The number of ether oxygens (including phenoxy) is 1. The van der Waals surface area contributed by atoms with Crippen molar-refractivity contribution in [2.45, 2.75) is 38.7 Å². The maximum absolute atomic E-state index is 10.8. The van der Waals surface area contributed by atoms with E-state index in [1.54, 1.807) is 11.3 Å². The predicted octanol–water partition coefficient (Wildman–Crippen LogP) is 7.72. The van der Waals surface area contributed by atoms with Crippen molar-refractivity contribution in [1.29, 1.82) is 0 Å². The summed E-state index contributed by atoms with van der Waals surface area (Å²) >= 11 is 1.70. The number of aryl methyl sites for hydroxylation is 1. The molecule has 2 aromatic heterocycles. The fraction of sp³-hybridized carbons (Fsp3) is 0.212. The van der Waals surface area contributed by atoms with Gasteiger partial charge >= 0.3 is 5.97 Å². The molecule has 5 nitrogen and oxygen atoms in total. The summed E-state index contributed by atoms with van der Waals surface area (Å²) in [7, 11) is 0. The number of nitrogens with zero attached hydrogens (tertiary/aromatic N) is 1. The van der Waals surface area contributed by atoms with Crippen LogP contribution in [0.2, 0.25) is 0 Å². The topological polar surface area (TPSA) is 75.2 Å². The molecular weight excluding hydrogens is 504 g/mol. The first kappa shape index (κ1) is 26.4. The molecule has 2 heterocycles. The van der Waals surface area contributed by atoms with Gasteiger partial charge in [-0.1, -0.05) is 80.6 Å². The molecular formula is C33H32N2O3S. The molecule has 1 atom stereocenters. The van der Waals surface area contributed by atoms with Crippen molar-refractivity contribution in [1.82, 2.24) is 9.97 Å². The number of benzene rings is 3. The summed E-state index contributed by atoms with van der Waals surface area (Å²) < 4.78 is 6.02. The number of carbonyl (C=O) groups is 1. The zero-order chi connectivity index (χ0) is 27.2. The Labute approximate surface area is 233 Å². The molecule has 0 spiro atoms. The van der Waals surface area contributed by atoms with E-state index in [2.05, 4.69) is 66.7 Å². The van der Waals surface area contributed by atoms with E-state index in [4.69, 9.17) is 14.8 Å². The number of carboxylic acids is 1. The van der Waals surface area contributed by atoms with Gasteiger partial charge < -0.3 is 14.8 Å². The Bertz CT molecular complexity index is 1490. The number of aromatic nitrogens is 2. The fourth-order valence-electron chi connectivity index (χ4n) is 5.09. The molecule has 1 unspecified atom stereocenters. The molecule has 6 heteroatoms. The molecule has 0 saturated heterocycles. The van der Waals surface area contributed by atoms with Crippen LogP contribution in [0.4, 0.5) is 0 Å². The normalized spacial score (nSPS) is 12.8. The van der Waals surface area contributed by atoms with Crippen LogP contribution in [0.5, 0.6) is 5.75 Å². The number of hydrogen-bond donors (Lipinski definition) is 2. The van der Waals surface area contributed by atoms with E-state index in [1.807, 2.05) is 54.7 Å². The highest BCUT2D eigenvalue weighted by Gasteiger charge is 2.43. The van der Waals surface area contributed by atoms with E-state index in [-0.39, 0.29) is 12.3 Å². The quantitative estimate of drug-likeness (QED) is 0.181. The number of aliphatic carboxylic acids is 1. The number of rotatable bonds is 11. The SMILES string of the molecule is CC(C)C(c1ccc(COc2ccc(CCC(=O)O)cc2)cc1)(c1ccc[nH]1)c1nc(-c2ccccc2)cs1. The summed E-state index contributed by atoms with van der Waals surface area (Å²) in [5.74, 6) is 0.216. The average molecular weight is 537 g/mol. The smallest absolute Gasteiger partial charge is 0.303 e. The minimum Gasteiger partial charge on any atom is -0.489 e. The number of aromatic amines is 1. The number of carboxylic acid groups (broad SMARTS) is 1. The van der Waals surface area contributed by atoms with Crippen molar-refractivity contribution in [2.24, 2.45) is 5.92 Å². The monoisotopic (exact) mass is 536 g/mol. The second-order valence-electron chi connectivity index (χ2n) is 9.97. The lowest BCUT2D eigenvalue weighted by molar-refractivity contribution is -0.136. The largest absolute Gasteiger partial charge is 0.489 e. The Morgan fingerprint density at radius 2 is 1.67 bits per heavy atom. The highest BCUT2D eigenvalue weighted by Crippen LogP contribution is 2.46. The summed E-state index contributed by atoms with van der Waals surface area (Å²) in [6.45, 7) is 4.95. The van der Waals surface area contributed by atoms with Gasteiger partial charge in [0, 0.05) is 29.3 Å². The van der Waals surface area contributed by atoms with E-state index >= 15 is 0 Å². The van der Waals surface area contributed by atoms with E-state index in [0.717, 1.165) is 38.8 Å². The van der Waals surface area contributed by atoms with Crippen molar-refractivity contribution < 1.29 is 14.6 Å². The van der Waals surface area contributed by atoms with Crippen molar-refractivity contribution in [2.75, 3.05) is 0 Å². The van der Waals surface area contributed by atoms with Crippen LogP contribution in [0.25, 0.3) is 11.3 Å². The van der Waals surface area contributed by atoms with E-state index in [0.29, 0.717) is 13.0 Å². The van der Waals surface area contributed by atoms with Gasteiger partial charge in [0.1, 0.15) is 17.4 Å². The number of nitrogens with one attached hydrogen (secondary N) is 1. The molecule has 0 bridgehead atoms. The Morgan fingerprint density at radius 3 is 2.31 bits per heavy atom. The zero-order valence-corrected chi connectivity index (χ0v) is 22.9. The Hall–Kier alpha value is -4.16. The van der Waals surface area contributed by atoms with Crippen molar-refractivity contribution in [3.05, 3.63) is 130 Å². The maximum Gasteiger partial charge on any atom is 0.303 e. The van der Waals surface area contributed by atoms with Gasteiger partial charge in [-0.15, -0.1) is 11.3 Å². The van der Waals surface area contributed by atoms with Crippen LogP contribution >= 0.6 is 11.3 Å². The van der Waals surface area contributed by atoms with Gasteiger partial charge in [-0.05, 0) is 53.3 Å². The molecule has 0 aliphatic carbocycles. The molecule has 0 amide bonds. The van der Waals surface area contributed by atoms with Crippen LogP contribution < -0.4 is 4.74 Å². The van der Waals surface area contributed by atoms with Crippen molar-refractivity contribution in [3.8, 4) is 17.0 Å². The number of H-pyrrole nitrogens is 1. The van der Waals surface area contributed by atoms with Crippen LogP contribution in [-0.4, -0.2) is 21.0 Å². The van der Waals surface area contributed by atoms with E-state index in [1.165, 1.54) is 5.56 Å². The molecule has 5 rings (SSSR count). The molecule has 0 fully saturated rings. The summed E-state index contributed by atoms with van der Waals surface area (Å²) in [6, 6.07) is 30.8. The van der Waals surface area contributed by atoms with Crippen LogP contribution in [0, 0.1) is 5.92 Å². The highest BCUT2D eigenvalue weighted by atomic mass is 32.1. The molecule has 3 aromatic carbocycles. The molecule has 39 heavy (non-hydrogen) atoms. The highest BCUT2D eigenvalue weighted by molar-refractivity contribution is 7.10. The van der Waals surface area contributed by atoms with E-state index in [9.17, 15) is 4.79 Å². The first-order chi connectivity index (χ1) is 19.0. The minimum absolute atomic E-state index is 0.126. The van der Waals surface area contributed by atoms with Crippen LogP contribution in [0.3, 0.4) is 0 Å². The van der Waals surface area contributed by atoms with Gasteiger partial charge in [-0.2, -0.15) is 0 Å². The van der Waals surface area contributed by atoms with Gasteiger partial charge in [0.15, 0.2) is 0 Å². The summed E-state index contributed by atoms with van der Waals surface area (Å²) in [6.07, 6.45) is 2.62. The fourth-order valence-corrected chi connectivity index (χ4v) is 6.30. The Morgan fingerprint density at radius 1 is 0.949 bits per heavy atom. The van der Waals surface area contributed by atoms with Crippen LogP contribution in [-0.2, 0) is 23.2 Å². The zero-order valence-electron chi connectivity index (χ0n) is 22.1. The molecule has 0 radical (unpaired) electrons. The van der Waals surface area contributed by atoms with Crippen LogP contribution in [0.15, 0.2) is 103 Å². The van der Waals surface area contributed by atoms with E-state index < -0.39 is 11.4 Å². The lowest BCUT2D eigenvalue weighted by Crippen LogP contribution is -2.35. The third-order valence-corrected chi connectivity index (χ3v) is 8.14. The predicted molar refractivity (Wildman–Crippen MR) is 156 cm³/mol. The Balaban J connectivity index is 1.40.